The highest BCUT2D eigenvalue weighted by Gasteiger charge is 2.15. The highest BCUT2D eigenvalue weighted by Crippen LogP contribution is 2.25. The molecule has 7 heteroatoms. The molecule has 0 aliphatic heterocycles. The Morgan fingerprint density at radius 3 is 2.52 bits per heavy atom. The normalized spacial score (nSPS) is 10.9. The lowest BCUT2D eigenvalue weighted by Crippen LogP contribution is -2.07. The molecule has 0 fully saturated rings. The van der Waals surface area contributed by atoms with E-state index in [0.29, 0.717) is 23.0 Å². The first-order valence-electron chi connectivity index (χ1n) is 9.06. The van der Waals surface area contributed by atoms with Crippen molar-refractivity contribution in [2.45, 2.75) is 6.92 Å². The third-order valence-electron chi connectivity index (χ3n) is 4.71. The van der Waals surface area contributed by atoms with E-state index >= 15 is 0 Å². The summed E-state index contributed by atoms with van der Waals surface area (Å²) in [5.41, 5.74) is 3.91. The number of nitriles is 1. The van der Waals surface area contributed by atoms with Crippen molar-refractivity contribution in [1.29, 1.82) is 5.26 Å². The number of hydrogen-bond acceptors (Lipinski definition) is 6. The van der Waals surface area contributed by atoms with E-state index in [2.05, 4.69) is 26.5 Å². The van der Waals surface area contributed by atoms with Gasteiger partial charge in [0.15, 0.2) is 17.5 Å². The van der Waals surface area contributed by atoms with E-state index in [9.17, 15) is 5.26 Å². The van der Waals surface area contributed by atoms with Crippen molar-refractivity contribution in [3.05, 3.63) is 78.1 Å². The zero-order valence-corrected chi connectivity index (χ0v) is 15.5. The minimum Gasteiger partial charge on any atom is -0.322 e. The van der Waals surface area contributed by atoms with Gasteiger partial charge in [0.1, 0.15) is 11.6 Å². The lowest BCUT2D eigenvalue weighted by Gasteiger charge is -2.11. The summed E-state index contributed by atoms with van der Waals surface area (Å²) in [7, 11) is 0. The lowest BCUT2D eigenvalue weighted by atomic mass is 10.1. The molecule has 0 radical (unpaired) electrons. The summed E-state index contributed by atoms with van der Waals surface area (Å²) < 4.78 is 1.62. The highest BCUT2D eigenvalue weighted by atomic mass is 15.4. The van der Waals surface area contributed by atoms with Crippen molar-refractivity contribution in [1.82, 2.24) is 24.7 Å². The smallest absolute Gasteiger partial charge is 0.156 e. The summed E-state index contributed by atoms with van der Waals surface area (Å²) in [5, 5.41) is 18.2. The number of aromatic nitrogens is 5. The minimum atomic E-state index is 0.396. The first kappa shape index (κ1) is 16.8. The first-order valence-corrected chi connectivity index (χ1v) is 9.06. The number of pyridine rings is 1. The van der Waals surface area contributed by atoms with Crippen LogP contribution in [-0.2, 0) is 0 Å². The zero-order valence-electron chi connectivity index (χ0n) is 15.5. The number of hydrogen-bond donors (Lipinski definition) is 1. The Hall–Kier alpha value is -4.31. The summed E-state index contributed by atoms with van der Waals surface area (Å²) in [4.78, 5) is 13.7. The average Bonchev–Trinajstić information content (AvgIpc) is 3.16. The molecule has 0 saturated carbocycles. The maximum atomic E-state index is 9.56. The van der Waals surface area contributed by atoms with Gasteiger partial charge in [-0.2, -0.15) is 15.0 Å². The molecule has 138 valence electrons. The molecule has 0 aliphatic rings. The zero-order chi connectivity index (χ0) is 19.8. The van der Waals surface area contributed by atoms with Gasteiger partial charge in [-0.3, -0.25) is 4.98 Å². The van der Waals surface area contributed by atoms with Crippen LogP contribution in [0.1, 0.15) is 11.1 Å². The largest absolute Gasteiger partial charge is 0.322 e. The van der Waals surface area contributed by atoms with Gasteiger partial charge in [-0.05, 0) is 36.8 Å². The molecule has 1 N–H and O–H groups in total. The van der Waals surface area contributed by atoms with E-state index in [-0.39, 0.29) is 0 Å². The second-order valence-corrected chi connectivity index (χ2v) is 6.61. The van der Waals surface area contributed by atoms with Crippen LogP contribution < -0.4 is 5.32 Å². The molecule has 0 atom stereocenters. The van der Waals surface area contributed by atoms with E-state index in [4.69, 9.17) is 4.98 Å². The molecule has 3 aromatic heterocycles. The number of rotatable bonds is 3. The molecule has 7 nitrogen and oxygen atoms in total. The van der Waals surface area contributed by atoms with Crippen LogP contribution in [0.3, 0.4) is 0 Å². The molecule has 0 saturated heterocycles. The molecule has 5 aromatic rings. The molecule has 0 bridgehead atoms. The Kier molecular flexibility index (Phi) is 3.88. The van der Waals surface area contributed by atoms with Gasteiger partial charge in [0, 0.05) is 5.39 Å². The summed E-state index contributed by atoms with van der Waals surface area (Å²) in [6.45, 7) is 2.03. The van der Waals surface area contributed by atoms with Gasteiger partial charge in [0.05, 0.1) is 28.9 Å². The Morgan fingerprint density at radius 2 is 1.69 bits per heavy atom. The summed E-state index contributed by atoms with van der Waals surface area (Å²) in [5.74, 6) is 1.65. The molecule has 0 aliphatic carbocycles. The van der Waals surface area contributed by atoms with Gasteiger partial charge >= 0.3 is 0 Å². The Balaban J connectivity index is 1.62. The van der Waals surface area contributed by atoms with Crippen LogP contribution in [0.4, 0.5) is 11.6 Å². The van der Waals surface area contributed by atoms with Crippen molar-refractivity contribution in [3.63, 3.8) is 0 Å². The molecule has 0 amide bonds. The summed E-state index contributed by atoms with van der Waals surface area (Å²) in [6.07, 6.45) is 3.16. The van der Waals surface area contributed by atoms with E-state index in [1.807, 2.05) is 61.5 Å². The van der Waals surface area contributed by atoms with Crippen LogP contribution in [0.5, 0.6) is 0 Å². The Labute approximate surface area is 166 Å². The molecule has 5 rings (SSSR count). The number of aryl methyl sites for hydroxylation is 1. The maximum Gasteiger partial charge on any atom is 0.156 e. The van der Waals surface area contributed by atoms with Crippen molar-refractivity contribution in [3.8, 4) is 11.9 Å². The average molecular weight is 377 g/mol. The summed E-state index contributed by atoms with van der Waals surface area (Å²) >= 11 is 0. The third-order valence-corrected chi connectivity index (χ3v) is 4.71. The standard InChI is InChI=1S/C22H15N7/c1-14-10-21(27-17-7-3-2-6-16(14)17)29-22(15(11-23)12-25-29)28-20-13-24-18-8-4-5-9-19(18)26-20/h2-10,12-13H,1H3,(H,26,28). The predicted octanol–water partition coefficient (Wildman–Crippen LogP) is 4.29. The minimum absolute atomic E-state index is 0.396. The Morgan fingerprint density at radius 1 is 0.931 bits per heavy atom. The number of anilines is 2. The number of para-hydroxylation sites is 3. The van der Waals surface area contributed by atoms with Crippen LogP contribution in [0.15, 0.2) is 67.0 Å². The third kappa shape index (κ3) is 2.93. The molecule has 29 heavy (non-hydrogen) atoms. The van der Waals surface area contributed by atoms with Crippen molar-refractivity contribution >= 4 is 33.6 Å². The summed E-state index contributed by atoms with van der Waals surface area (Å²) in [6, 6.07) is 19.7. The topological polar surface area (TPSA) is 92.3 Å². The predicted molar refractivity (Wildman–Crippen MR) is 111 cm³/mol. The van der Waals surface area contributed by atoms with Crippen LogP contribution in [0.2, 0.25) is 0 Å². The first-order chi connectivity index (χ1) is 14.2. The van der Waals surface area contributed by atoms with Crippen molar-refractivity contribution < 1.29 is 0 Å². The number of nitrogens with one attached hydrogen (secondary N) is 1. The highest BCUT2D eigenvalue weighted by molar-refractivity contribution is 5.83. The van der Waals surface area contributed by atoms with Gasteiger partial charge in [-0.15, -0.1) is 0 Å². The molecule has 0 unspecified atom stereocenters. The van der Waals surface area contributed by atoms with Gasteiger partial charge < -0.3 is 5.32 Å². The second kappa shape index (κ2) is 6.69. The van der Waals surface area contributed by atoms with Crippen LogP contribution in [-0.4, -0.2) is 24.7 Å². The molecule has 0 spiro atoms. The van der Waals surface area contributed by atoms with E-state index in [0.717, 1.165) is 27.5 Å². The fraction of sp³-hybridized carbons (Fsp3) is 0.0455. The number of benzene rings is 2. The van der Waals surface area contributed by atoms with Crippen molar-refractivity contribution in [2.75, 3.05) is 5.32 Å². The second-order valence-electron chi connectivity index (χ2n) is 6.61. The van der Waals surface area contributed by atoms with Crippen LogP contribution >= 0.6 is 0 Å². The molecular weight excluding hydrogens is 362 g/mol. The SMILES string of the molecule is Cc1cc(-n2ncc(C#N)c2Nc2cnc3ccccc3n2)nc2ccccc12. The maximum absolute atomic E-state index is 9.56. The van der Waals surface area contributed by atoms with Gasteiger partial charge in [0.2, 0.25) is 0 Å². The van der Waals surface area contributed by atoms with E-state index < -0.39 is 0 Å². The van der Waals surface area contributed by atoms with Gasteiger partial charge in [-0.25, -0.2) is 9.97 Å². The number of nitrogens with zero attached hydrogens (tertiary/aromatic N) is 6. The van der Waals surface area contributed by atoms with Crippen LogP contribution in [0.25, 0.3) is 27.8 Å². The molecule has 3 heterocycles. The quantitative estimate of drug-likeness (QED) is 0.504. The fourth-order valence-electron chi connectivity index (χ4n) is 3.30. The van der Waals surface area contributed by atoms with E-state index in [1.165, 1.54) is 6.20 Å². The van der Waals surface area contributed by atoms with Crippen molar-refractivity contribution in [2.24, 2.45) is 0 Å². The van der Waals surface area contributed by atoms with Gasteiger partial charge in [-0.1, -0.05) is 30.3 Å². The lowest BCUT2D eigenvalue weighted by molar-refractivity contribution is 0.858. The Bertz CT molecular complexity index is 1410. The fourth-order valence-corrected chi connectivity index (χ4v) is 3.30. The van der Waals surface area contributed by atoms with Gasteiger partial charge in [0.25, 0.3) is 0 Å². The molecule has 2 aromatic carbocycles. The van der Waals surface area contributed by atoms with Crippen LogP contribution in [0, 0.1) is 18.3 Å². The van der Waals surface area contributed by atoms with E-state index in [1.54, 1.807) is 10.9 Å². The number of fused-ring (bicyclic) bond motifs is 2. The molecular formula is C22H15N7. The monoisotopic (exact) mass is 377 g/mol.